The Morgan fingerprint density at radius 2 is 1.89 bits per heavy atom. The quantitative estimate of drug-likeness (QED) is 0.331. The van der Waals surface area contributed by atoms with E-state index in [-0.39, 0.29) is 24.0 Å². The Hall–Kier alpha value is -1.38. The van der Waals surface area contributed by atoms with E-state index in [1.165, 1.54) is 12.8 Å². The molecule has 2 rings (SSSR count). The van der Waals surface area contributed by atoms with Gasteiger partial charge in [-0.05, 0) is 37.2 Å². The smallest absolute Gasteiger partial charge is 0.203 e. The van der Waals surface area contributed by atoms with Gasteiger partial charge in [-0.2, -0.15) is 0 Å². The highest BCUT2D eigenvalue weighted by Gasteiger charge is 2.25. The van der Waals surface area contributed by atoms with Gasteiger partial charge in [0.25, 0.3) is 0 Å². The third-order valence-electron chi connectivity index (χ3n) is 5.07. The van der Waals surface area contributed by atoms with E-state index in [0.717, 1.165) is 55.2 Å². The summed E-state index contributed by atoms with van der Waals surface area (Å²) in [5.74, 6) is 4.55. The van der Waals surface area contributed by atoms with Crippen molar-refractivity contribution in [3.63, 3.8) is 0 Å². The Morgan fingerprint density at radius 3 is 2.46 bits per heavy atom. The van der Waals surface area contributed by atoms with Crippen LogP contribution in [0.5, 0.6) is 17.2 Å². The molecule has 1 aliphatic rings. The zero-order valence-corrected chi connectivity index (χ0v) is 20.4. The summed E-state index contributed by atoms with van der Waals surface area (Å²) in [5, 5.41) is 3.50. The van der Waals surface area contributed by atoms with E-state index in [1.807, 2.05) is 19.2 Å². The van der Waals surface area contributed by atoms with Crippen LogP contribution in [0, 0.1) is 11.8 Å². The van der Waals surface area contributed by atoms with E-state index in [2.05, 4.69) is 29.1 Å². The highest BCUT2D eigenvalue weighted by molar-refractivity contribution is 14.0. The van der Waals surface area contributed by atoms with E-state index < -0.39 is 0 Å². The van der Waals surface area contributed by atoms with Gasteiger partial charge < -0.3 is 24.4 Å². The van der Waals surface area contributed by atoms with Crippen LogP contribution in [0.3, 0.4) is 0 Å². The number of halogens is 1. The topological polar surface area (TPSA) is 55.3 Å². The number of guanidine groups is 1. The number of benzene rings is 1. The first-order valence-electron chi connectivity index (χ1n) is 9.77. The van der Waals surface area contributed by atoms with Crippen LogP contribution < -0.4 is 19.5 Å². The molecule has 0 radical (unpaired) electrons. The molecule has 1 heterocycles. The number of aliphatic imine (C=N–C) groups is 1. The van der Waals surface area contributed by atoms with Crippen LogP contribution in [0.1, 0.15) is 32.3 Å². The van der Waals surface area contributed by atoms with Gasteiger partial charge in [-0.1, -0.05) is 19.9 Å². The van der Waals surface area contributed by atoms with Gasteiger partial charge in [0.15, 0.2) is 17.5 Å². The third kappa shape index (κ3) is 6.32. The number of hydrogen-bond acceptors (Lipinski definition) is 4. The Bertz CT molecular complexity index is 638. The molecule has 1 aliphatic heterocycles. The summed E-state index contributed by atoms with van der Waals surface area (Å²) < 4.78 is 16.4. The molecular formula is C21H36IN3O3. The van der Waals surface area contributed by atoms with Crippen molar-refractivity contribution in [1.82, 2.24) is 10.2 Å². The Morgan fingerprint density at radius 1 is 1.18 bits per heavy atom. The van der Waals surface area contributed by atoms with Gasteiger partial charge in [-0.25, -0.2) is 0 Å². The van der Waals surface area contributed by atoms with Crippen molar-refractivity contribution in [2.75, 3.05) is 48.0 Å². The molecule has 1 saturated heterocycles. The summed E-state index contributed by atoms with van der Waals surface area (Å²) in [7, 11) is 6.78. The Kier molecular flexibility index (Phi) is 10.8. The average molecular weight is 505 g/mol. The molecule has 7 heteroatoms. The van der Waals surface area contributed by atoms with Crippen LogP contribution in [0.4, 0.5) is 0 Å². The zero-order chi connectivity index (χ0) is 19.8. The largest absolute Gasteiger partial charge is 0.493 e. The summed E-state index contributed by atoms with van der Waals surface area (Å²) in [5.41, 5.74) is 1.08. The van der Waals surface area contributed by atoms with Crippen LogP contribution in [-0.4, -0.2) is 58.9 Å². The van der Waals surface area contributed by atoms with Gasteiger partial charge in [-0.15, -0.1) is 24.0 Å². The normalized spacial score (nSPS) is 16.8. The van der Waals surface area contributed by atoms with Crippen molar-refractivity contribution in [3.05, 3.63) is 17.7 Å². The van der Waals surface area contributed by atoms with E-state index >= 15 is 0 Å². The van der Waals surface area contributed by atoms with Crippen molar-refractivity contribution < 1.29 is 14.2 Å². The number of nitrogens with zero attached hydrogens (tertiary/aromatic N) is 2. The maximum atomic E-state index is 5.57. The predicted octanol–water partition coefficient (Wildman–Crippen LogP) is 3.82. The van der Waals surface area contributed by atoms with Gasteiger partial charge in [0.05, 0.1) is 21.3 Å². The summed E-state index contributed by atoms with van der Waals surface area (Å²) in [6.45, 7) is 7.55. The van der Waals surface area contributed by atoms with Crippen LogP contribution in [0.2, 0.25) is 0 Å². The van der Waals surface area contributed by atoms with Crippen molar-refractivity contribution in [2.45, 2.75) is 33.1 Å². The highest BCUT2D eigenvalue weighted by atomic mass is 127. The summed E-state index contributed by atoms with van der Waals surface area (Å²) >= 11 is 0. The molecule has 0 bridgehead atoms. The Labute approximate surface area is 187 Å². The van der Waals surface area contributed by atoms with Gasteiger partial charge in [0.1, 0.15) is 0 Å². The summed E-state index contributed by atoms with van der Waals surface area (Å²) in [4.78, 5) is 6.85. The van der Waals surface area contributed by atoms with Gasteiger partial charge in [0, 0.05) is 32.2 Å². The lowest BCUT2D eigenvalue weighted by Crippen LogP contribution is -2.40. The lowest BCUT2D eigenvalue weighted by molar-refractivity contribution is 0.322. The monoisotopic (exact) mass is 505 g/mol. The van der Waals surface area contributed by atoms with Gasteiger partial charge in [-0.3, -0.25) is 4.99 Å². The van der Waals surface area contributed by atoms with Crippen molar-refractivity contribution in [1.29, 1.82) is 0 Å². The third-order valence-corrected chi connectivity index (χ3v) is 5.07. The van der Waals surface area contributed by atoms with Crippen molar-refractivity contribution in [2.24, 2.45) is 16.8 Å². The Balaban J connectivity index is 0.00000392. The van der Waals surface area contributed by atoms with Gasteiger partial charge in [0.2, 0.25) is 5.75 Å². The van der Waals surface area contributed by atoms with Crippen LogP contribution in [-0.2, 0) is 6.42 Å². The first-order chi connectivity index (χ1) is 13.0. The number of likely N-dealkylation sites (tertiary alicyclic amines) is 1. The molecular weight excluding hydrogens is 469 g/mol. The second-order valence-electron chi connectivity index (χ2n) is 7.45. The highest BCUT2D eigenvalue weighted by Crippen LogP contribution is 2.39. The minimum absolute atomic E-state index is 0. The van der Waals surface area contributed by atoms with E-state index in [9.17, 15) is 0 Å². The van der Waals surface area contributed by atoms with E-state index in [0.29, 0.717) is 11.5 Å². The lowest BCUT2D eigenvalue weighted by atomic mass is 9.97. The SMILES string of the molecule is CN=C(NCCc1ccc(OC)c(OC)c1OC)N1CCC(CC(C)C)C1.I. The molecule has 6 nitrogen and oxygen atoms in total. The minimum atomic E-state index is 0. The van der Waals surface area contributed by atoms with Crippen molar-refractivity contribution in [3.8, 4) is 17.2 Å². The summed E-state index contributed by atoms with van der Waals surface area (Å²) in [6, 6.07) is 3.95. The molecule has 0 amide bonds. The van der Waals surface area contributed by atoms with E-state index in [4.69, 9.17) is 14.2 Å². The molecule has 0 saturated carbocycles. The molecule has 1 aromatic carbocycles. The van der Waals surface area contributed by atoms with Crippen molar-refractivity contribution >= 4 is 29.9 Å². The zero-order valence-electron chi connectivity index (χ0n) is 18.1. The molecule has 1 fully saturated rings. The second kappa shape index (κ2) is 12.2. The molecule has 28 heavy (non-hydrogen) atoms. The minimum Gasteiger partial charge on any atom is -0.493 e. The van der Waals surface area contributed by atoms with E-state index in [1.54, 1.807) is 21.3 Å². The standard InChI is InChI=1S/C21H35N3O3.HI/c1-15(2)13-16-10-12-24(14-16)21(22-3)23-11-9-17-7-8-18(25-4)20(27-6)19(17)26-5;/h7-8,15-16H,9-14H2,1-6H3,(H,22,23);1H. The second-order valence-corrected chi connectivity index (χ2v) is 7.45. The number of methoxy groups -OCH3 is 3. The number of rotatable bonds is 8. The fraction of sp³-hybridized carbons (Fsp3) is 0.667. The maximum Gasteiger partial charge on any atom is 0.203 e. The average Bonchev–Trinajstić information content (AvgIpc) is 3.11. The molecule has 0 spiro atoms. The first-order valence-corrected chi connectivity index (χ1v) is 9.77. The molecule has 0 aromatic heterocycles. The van der Waals surface area contributed by atoms with Crippen LogP contribution >= 0.6 is 24.0 Å². The maximum absolute atomic E-state index is 5.57. The fourth-order valence-corrected chi connectivity index (χ4v) is 3.89. The number of hydrogen-bond donors (Lipinski definition) is 1. The molecule has 160 valence electrons. The lowest BCUT2D eigenvalue weighted by Gasteiger charge is -2.22. The first kappa shape index (κ1) is 24.7. The molecule has 1 aromatic rings. The van der Waals surface area contributed by atoms with Gasteiger partial charge >= 0.3 is 0 Å². The predicted molar refractivity (Wildman–Crippen MR) is 126 cm³/mol. The molecule has 1 atom stereocenters. The molecule has 1 unspecified atom stereocenters. The summed E-state index contributed by atoms with van der Waals surface area (Å²) in [6.07, 6.45) is 3.35. The molecule has 1 N–H and O–H groups in total. The van der Waals surface area contributed by atoms with Crippen LogP contribution in [0.25, 0.3) is 0 Å². The van der Waals surface area contributed by atoms with Crippen LogP contribution in [0.15, 0.2) is 17.1 Å². The molecule has 0 aliphatic carbocycles. The number of nitrogens with one attached hydrogen (secondary N) is 1. The number of ether oxygens (including phenoxy) is 3. The fourth-order valence-electron chi connectivity index (χ4n) is 3.89.